The van der Waals surface area contributed by atoms with E-state index in [2.05, 4.69) is 10.1 Å². The molecule has 3 rings (SSSR count). The molecule has 0 aliphatic carbocycles. The van der Waals surface area contributed by atoms with Gasteiger partial charge in [0.05, 0.1) is 19.4 Å². The summed E-state index contributed by atoms with van der Waals surface area (Å²) in [4.78, 5) is 18.8. The molecule has 2 heterocycles. The van der Waals surface area contributed by atoms with Gasteiger partial charge in [-0.1, -0.05) is 12.1 Å². The van der Waals surface area contributed by atoms with Gasteiger partial charge >= 0.3 is 0 Å². The smallest absolute Gasteiger partial charge is 0.254 e. The Labute approximate surface area is 145 Å². The van der Waals surface area contributed by atoms with Crippen LogP contribution < -0.4 is 0 Å². The Balaban J connectivity index is 1.87. The summed E-state index contributed by atoms with van der Waals surface area (Å²) < 4.78 is 7.00. The second-order valence-electron chi connectivity index (χ2n) is 5.72. The SMILES string of the molecule is Cc1nc(-c2cccc(C(=O)N(CCO)Cc3ccco3)c2)n(C)n1. The van der Waals surface area contributed by atoms with E-state index in [-0.39, 0.29) is 19.1 Å². The Hall–Kier alpha value is -2.93. The number of amides is 1. The van der Waals surface area contributed by atoms with Crippen LogP contribution >= 0.6 is 0 Å². The number of nitrogens with zero attached hydrogens (tertiary/aromatic N) is 4. The van der Waals surface area contributed by atoms with Gasteiger partial charge < -0.3 is 14.4 Å². The number of carbonyl (C=O) groups is 1. The Morgan fingerprint density at radius 3 is 2.80 bits per heavy atom. The zero-order valence-electron chi connectivity index (χ0n) is 14.2. The molecule has 3 aromatic rings. The molecule has 0 fully saturated rings. The third kappa shape index (κ3) is 3.77. The van der Waals surface area contributed by atoms with Gasteiger partial charge in [0.2, 0.25) is 0 Å². The summed E-state index contributed by atoms with van der Waals surface area (Å²) >= 11 is 0. The monoisotopic (exact) mass is 340 g/mol. The predicted octanol–water partition coefficient (Wildman–Crippen LogP) is 2.02. The number of aliphatic hydroxyl groups excluding tert-OH is 1. The molecule has 25 heavy (non-hydrogen) atoms. The van der Waals surface area contributed by atoms with Crippen molar-refractivity contribution in [2.75, 3.05) is 13.2 Å². The number of aryl methyl sites for hydroxylation is 2. The highest BCUT2D eigenvalue weighted by Gasteiger charge is 2.18. The van der Waals surface area contributed by atoms with Crippen molar-refractivity contribution in [3.8, 4) is 11.4 Å². The maximum atomic E-state index is 12.9. The molecule has 0 radical (unpaired) electrons. The lowest BCUT2D eigenvalue weighted by molar-refractivity contribution is 0.0695. The van der Waals surface area contributed by atoms with E-state index in [1.165, 1.54) is 0 Å². The molecule has 7 nitrogen and oxygen atoms in total. The Morgan fingerprint density at radius 1 is 1.32 bits per heavy atom. The first-order valence-electron chi connectivity index (χ1n) is 7.99. The average Bonchev–Trinajstić information content (AvgIpc) is 3.23. The second kappa shape index (κ2) is 7.31. The molecule has 7 heteroatoms. The third-order valence-electron chi connectivity index (χ3n) is 3.82. The first kappa shape index (κ1) is 16.9. The lowest BCUT2D eigenvalue weighted by Gasteiger charge is -2.21. The number of aromatic nitrogens is 3. The number of hydrogen-bond acceptors (Lipinski definition) is 5. The fourth-order valence-corrected chi connectivity index (χ4v) is 2.70. The van der Waals surface area contributed by atoms with Gasteiger partial charge in [-0.25, -0.2) is 9.67 Å². The topological polar surface area (TPSA) is 84.4 Å². The number of rotatable bonds is 6. The van der Waals surface area contributed by atoms with Crippen LogP contribution in [-0.4, -0.2) is 43.8 Å². The third-order valence-corrected chi connectivity index (χ3v) is 3.82. The van der Waals surface area contributed by atoms with Crippen molar-refractivity contribution in [2.24, 2.45) is 7.05 Å². The van der Waals surface area contributed by atoms with Crippen LogP contribution in [0.3, 0.4) is 0 Å². The highest BCUT2D eigenvalue weighted by Crippen LogP contribution is 2.19. The zero-order chi connectivity index (χ0) is 17.8. The number of carbonyl (C=O) groups excluding carboxylic acids is 1. The van der Waals surface area contributed by atoms with E-state index >= 15 is 0 Å². The van der Waals surface area contributed by atoms with Gasteiger partial charge in [0, 0.05) is 24.7 Å². The van der Waals surface area contributed by atoms with Crippen LogP contribution in [0, 0.1) is 6.92 Å². The predicted molar refractivity (Wildman–Crippen MR) is 91.7 cm³/mol. The van der Waals surface area contributed by atoms with Gasteiger partial charge in [0.1, 0.15) is 11.6 Å². The van der Waals surface area contributed by atoms with Crippen LogP contribution in [0.25, 0.3) is 11.4 Å². The molecule has 2 aromatic heterocycles. The molecule has 0 aliphatic heterocycles. The second-order valence-corrected chi connectivity index (χ2v) is 5.72. The largest absolute Gasteiger partial charge is 0.467 e. The van der Waals surface area contributed by atoms with Gasteiger partial charge in [0.25, 0.3) is 5.91 Å². The lowest BCUT2D eigenvalue weighted by Crippen LogP contribution is -2.33. The van der Waals surface area contributed by atoms with Gasteiger partial charge in [-0.15, -0.1) is 0 Å². The normalized spacial score (nSPS) is 10.8. The molecule has 1 aromatic carbocycles. The van der Waals surface area contributed by atoms with Crippen molar-refractivity contribution in [1.82, 2.24) is 19.7 Å². The number of aliphatic hydroxyl groups is 1. The summed E-state index contributed by atoms with van der Waals surface area (Å²) in [6.07, 6.45) is 1.56. The molecule has 0 saturated carbocycles. The summed E-state index contributed by atoms with van der Waals surface area (Å²) in [6, 6.07) is 10.8. The summed E-state index contributed by atoms with van der Waals surface area (Å²) in [5.41, 5.74) is 1.34. The minimum Gasteiger partial charge on any atom is -0.467 e. The highest BCUT2D eigenvalue weighted by atomic mass is 16.3. The van der Waals surface area contributed by atoms with E-state index in [0.29, 0.717) is 29.5 Å². The van der Waals surface area contributed by atoms with Gasteiger partial charge in [-0.2, -0.15) is 5.10 Å². The minimum atomic E-state index is -0.175. The number of hydrogen-bond donors (Lipinski definition) is 1. The van der Waals surface area contributed by atoms with Gasteiger partial charge in [-0.05, 0) is 31.2 Å². The van der Waals surface area contributed by atoms with Crippen LogP contribution in [0.15, 0.2) is 47.1 Å². The zero-order valence-corrected chi connectivity index (χ0v) is 14.2. The highest BCUT2D eigenvalue weighted by molar-refractivity contribution is 5.95. The molecule has 0 atom stereocenters. The van der Waals surface area contributed by atoms with Gasteiger partial charge in [-0.3, -0.25) is 4.79 Å². The Morgan fingerprint density at radius 2 is 2.16 bits per heavy atom. The first-order valence-corrected chi connectivity index (χ1v) is 7.99. The Bertz CT molecular complexity index is 855. The van der Waals surface area contributed by atoms with E-state index in [1.807, 2.05) is 26.1 Å². The quantitative estimate of drug-likeness (QED) is 0.742. The van der Waals surface area contributed by atoms with Crippen molar-refractivity contribution < 1.29 is 14.3 Å². The Kier molecular flexibility index (Phi) is 4.95. The molecular formula is C18H20N4O3. The summed E-state index contributed by atoms with van der Waals surface area (Å²) in [7, 11) is 1.82. The van der Waals surface area contributed by atoms with E-state index in [0.717, 1.165) is 5.56 Å². The molecule has 0 spiro atoms. The van der Waals surface area contributed by atoms with Crippen molar-refractivity contribution in [3.63, 3.8) is 0 Å². The van der Waals surface area contributed by atoms with Crippen molar-refractivity contribution in [3.05, 3.63) is 59.8 Å². The van der Waals surface area contributed by atoms with Crippen molar-refractivity contribution in [2.45, 2.75) is 13.5 Å². The molecule has 0 bridgehead atoms. The van der Waals surface area contributed by atoms with Crippen LogP contribution in [0.2, 0.25) is 0 Å². The minimum absolute atomic E-state index is 0.116. The summed E-state index contributed by atoms with van der Waals surface area (Å²) in [5, 5.41) is 13.5. The average molecular weight is 340 g/mol. The molecule has 0 aliphatic rings. The first-order chi connectivity index (χ1) is 12.1. The van der Waals surface area contributed by atoms with Crippen molar-refractivity contribution in [1.29, 1.82) is 0 Å². The molecule has 0 saturated heterocycles. The molecule has 130 valence electrons. The van der Waals surface area contributed by atoms with E-state index in [4.69, 9.17) is 4.42 Å². The van der Waals surface area contributed by atoms with Crippen LogP contribution in [0.5, 0.6) is 0 Å². The fourth-order valence-electron chi connectivity index (χ4n) is 2.70. The lowest BCUT2D eigenvalue weighted by atomic mass is 10.1. The molecule has 0 unspecified atom stereocenters. The van der Waals surface area contributed by atoms with E-state index in [9.17, 15) is 9.90 Å². The van der Waals surface area contributed by atoms with E-state index in [1.54, 1.807) is 40.1 Å². The molecule has 1 N–H and O–H groups in total. The summed E-state index contributed by atoms with van der Waals surface area (Å²) in [6.45, 7) is 2.24. The molecular weight excluding hydrogens is 320 g/mol. The van der Waals surface area contributed by atoms with Crippen LogP contribution in [0.1, 0.15) is 21.9 Å². The van der Waals surface area contributed by atoms with Gasteiger partial charge in [0.15, 0.2) is 5.82 Å². The fraction of sp³-hybridized carbons (Fsp3) is 0.278. The maximum absolute atomic E-state index is 12.9. The number of furan rings is 1. The summed E-state index contributed by atoms with van der Waals surface area (Å²) in [5.74, 6) is 1.87. The standard InChI is InChI=1S/C18H20N4O3/c1-13-19-17(21(2)20-13)14-5-3-6-15(11-14)18(24)22(8-9-23)12-16-7-4-10-25-16/h3-7,10-11,23H,8-9,12H2,1-2H3. The van der Waals surface area contributed by atoms with Crippen LogP contribution in [0.4, 0.5) is 0 Å². The number of benzene rings is 1. The van der Waals surface area contributed by atoms with Crippen LogP contribution in [-0.2, 0) is 13.6 Å². The maximum Gasteiger partial charge on any atom is 0.254 e. The van der Waals surface area contributed by atoms with E-state index < -0.39 is 0 Å². The molecule has 1 amide bonds. The van der Waals surface area contributed by atoms with Crippen molar-refractivity contribution >= 4 is 5.91 Å².